The minimum atomic E-state index is 0.0186. The Balaban J connectivity index is 1.88. The van der Waals surface area contributed by atoms with Crippen LogP contribution in [-0.4, -0.2) is 19.7 Å². The Morgan fingerprint density at radius 1 is 1.40 bits per heavy atom. The van der Waals surface area contributed by atoms with Gasteiger partial charge in [0.05, 0.1) is 30.3 Å². The number of anilines is 1. The van der Waals surface area contributed by atoms with E-state index < -0.39 is 0 Å². The van der Waals surface area contributed by atoms with Crippen molar-refractivity contribution in [3.63, 3.8) is 0 Å². The van der Waals surface area contributed by atoms with Gasteiger partial charge in [0, 0.05) is 12.3 Å². The number of aromatic hydroxyl groups is 1. The molecule has 3 heterocycles. The van der Waals surface area contributed by atoms with Gasteiger partial charge in [-0.1, -0.05) is 6.07 Å². The minimum absolute atomic E-state index is 0.0186. The molecular weight excluding hydrogens is 254 g/mol. The highest BCUT2D eigenvalue weighted by atomic mass is 16.3. The number of nitriles is 1. The van der Waals surface area contributed by atoms with Crippen LogP contribution in [0.5, 0.6) is 5.75 Å². The molecule has 0 aliphatic carbocycles. The molecule has 98 valence electrons. The van der Waals surface area contributed by atoms with Gasteiger partial charge in [0.15, 0.2) is 0 Å². The maximum atomic E-state index is 9.98. The first-order chi connectivity index (χ1) is 9.78. The van der Waals surface area contributed by atoms with Gasteiger partial charge in [-0.2, -0.15) is 10.4 Å². The van der Waals surface area contributed by atoms with Crippen molar-refractivity contribution in [1.29, 1.82) is 5.26 Å². The molecule has 0 spiro atoms. The predicted molar refractivity (Wildman–Crippen MR) is 73.1 cm³/mol. The van der Waals surface area contributed by atoms with Crippen LogP contribution < -0.4 is 5.32 Å². The summed E-state index contributed by atoms with van der Waals surface area (Å²) >= 11 is 0. The Hall–Kier alpha value is -3.07. The molecule has 3 aromatic rings. The second kappa shape index (κ2) is 4.90. The molecule has 0 aromatic carbocycles. The van der Waals surface area contributed by atoms with Crippen molar-refractivity contribution < 1.29 is 5.11 Å². The lowest BCUT2D eigenvalue weighted by atomic mass is 10.2. The van der Waals surface area contributed by atoms with E-state index in [1.54, 1.807) is 18.5 Å². The van der Waals surface area contributed by atoms with Crippen molar-refractivity contribution in [3.8, 4) is 11.8 Å². The molecule has 6 nitrogen and oxygen atoms in total. The molecule has 0 unspecified atom stereocenters. The number of hydrogen-bond donors (Lipinski definition) is 2. The fourth-order valence-electron chi connectivity index (χ4n) is 1.97. The van der Waals surface area contributed by atoms with E-state index in [-0.39, 0.29) is 5.75 Å². The van der Waals surface area contributed by atoms with Gasteiger partial charge in [-0.25, -0.2) is 4.52 Å². The van der Waals surface area contributed by atoms with Gasteiger partial charge in [-0.15, -0.1) is 0 Å². The Labute approximate surface area is 114 Å². The van der Waals surface area contributed by atoms with Crippen LogP contribution in [0.1, 0.15) is 11.3 Å². The molecule has 0 saturated carbocycles. The number of nitrogens with one attached hydrogen (secondary N) is 1. The highest BCUT2D eigenvalue weighted by Crippen LogP contribution is 2.25. The van der Waals surface area contributed by atoms with Gasteiger partial charge in [-0.3, -0.25) is 4.98 Å². The second-order valence-corrected chi connectivity index (χ2v) is 4.25. The zero-order valence-electron chi connectivity index (χ0n) is 10.5. The largest absolute Gasteiger partial charge is 0.506 e. The molecule has 0 radical (unpaired) electrons. The third-order valence-corrected chi connectivity index (χ3v) is 2.91. The lowest BCUT2D eigenvalue weighted by molar-refractivity contribution is 0.478. The molecule has 0 aliphatic heterocycles. The Morgan fingerprint density at radius 2 is 2.30 bits per heavy atom. The summed E-state index contributed by atoms with van der Waals surface area (Å²) < 4.78 is 1.48. The average Bonchev–Trinajstić information content (AvgIpc) is 2.90. The van der Waals surface area contributed by atoms with E-state index in [0.717, 1.165) is 5.69 Å². The van der Waals surface area contributed by atoms with Crippen LogP contribution in [0.3, 0.4) is 0 Å². The average molecular weight is 265 g/mol. The van der Waals surface area contributed by atoms with E-state index in [1.165, 1.54) is 10.7 Å². The van der Waals surface area contributed by atoms with Crippen LogP contribution in [0.2, 0.25) is 0 Å². The molecule has 2 N–H and O–H groups in total. The SMILES string of the molecule is N#Cc1cnn2cc(NCc3ccccn3)cc(O)c12. The van der Waals surface area contributed by atoms with Crippen LogP contribution in [0.15, 0.2) is 42.9 Å². The van der Waals surface area contributed by atoms with Crippen LogP contribution in [0, 0.1) is 11.3 Å². The molecular formula is C14H11N5O. The molecule has 0 amide bonds. The molecule has 0 aliphatic rings. The molecule has 3 rings (SSSR count). The Morgan fingerprint density at radius 3 is 3.05 bits per heavy atom. The van der Waals surface area contributed by atoms with Crippen molar-refractivity contribution in [3.05, 3.63) is 54.1 Å². The number of nitrogens with zero attached hydrogens (tertiary/aromatic N) is 4. The van der Waals surface area contributed by atoms with Crippen LogP contribution >= 0.6 is 0 Å². The summed E-state index contributed by atoms with van der Waals surface area (Å²) in [6.07, 6.45) is 4.88. The first-order valence-electron chi connectivity index (χ1n) is 6.02. The Bertz CT molecular complexity index is 788. The molecule has 20 heavy (non-hydrogen) atoms. The maximum absolute atomic E-state index is 9.98. The number of pyridine rings is 2. The summed E-state index contributed by atoms with van der Waals surface area (Å²) in [6.45, 7) is 0.540. The maximum Gasteiger partial charge on any atom is 0.144 e. The fraction of sp³-hybridized carbons (Fsp3) is 0.0714. The van der Waals surface area contributed by atoms with Crippen molar-refractivity contribution in [2.45, 2.75) is 6.54 Å². The van der Waals surface area contributed by atoms with Crippen molar-refractivity contribution >= 4 is 11.2 Å². The summed E-state index contributed by atoms with van der Waals surface area (Å²) in [5.74, 6) is 0.0186. The van der Waals surface area contributed by atoms with Crippen molar-refractivity contribution in [2.24, 2.45) is 0 Å². The van der Waals surface area contributed by atoms with E-state index >= 15 is 0 Å². The third kappa shape index (κ3) is 2.12. The van der Waals surface area contributed by atoms with Crippen molar-refractivity contribution in [1.82, 2.24) is 14.6 Å². The third-order valence-electron chi connectivity index (χ3n) is 2.91. The van der Waals surface area contributed by atoms with Crippen molar-refractivity contribution in [2.75, 3.05) is 5.32 Å². The van der Waals surface area contributed by atoms with Gasteiger partial charge in [0.1, 0.15) is 22.9 Å². The number of fused-ring (bicyclic) bond motifs is 1. The normalized spacial score (nSPS) is 10.3. The first kappa shape index (κ1) is 12.0. The molecule has 6 heteroatoms. The van der Waals surface area contributed by atoms with Gasteiger partial charge in [-0.05, 0) is 12.1 Å². The molecule has 0 atom stereocenters. The lowest BCUT2D eigenvalue weighted by Gasteiger charge is -2.07. The summed E-state index contributed by atoms with van der Waals surface area (Å²) in [4.78, 5) is 4.21. The Kier molecular flexibility index (Phi) is 2.94. The topological polar surface area (TPSA) is 86.2 Å². The van der Waals surface area contributed by atoms with E-state index in [4.69, 9.17) is 5.26 Å². The number of hydrogen-bond acceptors (Lipinski definition) is 5. The van der Waals surface area contributed by atoms with E-state index in [2.05, 4.69) is 15.4 Å². The number of aromatic nitrogens is 3. The minimum Gasteiger partial charge on any atom is -0.506 e. The summed E-state index contributed by atoms with van der Waals surface area (Å²) in [7, 11) is 0. The monoisotopic (exact) mass is 265 g/mol. The highest BCUT2D eigenvalue weighted by Gasteiger charge is 2.09. The molecule has 3 aromatic heterocycles. The quantitative estimate of drug-likeness (QED) is 0.755. The van der Waals surface area contributed by atoms with Crippen LogP contribution in [0.4, 0.5) is 5.69 Å². The van der Waals surface area contributed by atoms with Crippen LogP contribution in [-0.2, 0) is 6.54 Å². The lowest BCUT2D eigenvalue weighted by Crippen LogP contribution is -2.02. The van der Waals surface area contributed by atoms with Crippen LogP contribution in [0.25, 0.3) is 5.52 Å². The first-order valence-corrected chi connectivity index (χ1v) is 6.02. The standard InChI is InChI=1S/C14H11N5O/c15-6-10-7-18-19-9-12(5-13(20)14(10)19)17-8-11-3-1-2-4-16-11/h1-5,7,9,17,20H,8H2. The summed E-state index contributed by atoms with van der Waals surface area (Å²) in [5, 5.41) is 26.1. The van der Waals surface area contributed by atoms with E-state index in [1.807, 2.05) is 24.3 Å². The van der Waals surface area contributed by atoms with Gasteiger partial charge < -0.3 is 10.4 Å². The van der Waals surface area contributed by atoms with Gasteiger partial charge in [0.25, 0.3) is 0 Å². The second-order valence-electron chi connectivity index (χ2n) is 4.25. The predicted octanol–water partition coefficient (Wildman–Crippen LogP) is 1.92. The smallest absolute Gasteiger partial charge is 0.144 e. The van der Waals surface area contributed by atoms with E-state index in [0.29, 0.717) is 23.3 Å². The van der Waals surface area contributed by atoms with Gasteiger partial charge >= 0.3 is 0 Å². The molecule has 0 saturated heterocycles. The molecule has 0 bridgehead atoms. The fourth-order valence-corrected chi connectivity index (χ4v) is 1.97. The molecule has 0 fully saturated rings. The summed E-state index contributed by atoms with van der Waals surface area (Å²) in [6, 6.07) is 9.24. The van der Waals surface area contributed by atoms with Gasteiger partial charge in [0.2, 0.25) is 0 Å². The zero-order valence-corrected chi connectivity index (χ0v) is 10.5. The summed E-state index contributed by atoms with van der Waals surface area (Å²) in [5.41, 5.74) is 2.35. The highest BCUT2D eigenvalue weighted by molar-refractivity contribution is 5.71. The van der Waals surface area contributed by atoms with E-state index in [9.17, 15) is 5.11 Å². The zero-order chi connectivity index (χ0) is 13.9. The number of rotatable bonds is 3.